The van der Waals surface area contributed by atoms with Gasteiger partial charge in [-0.1, -0.05) is 36.4 Å². The lowest BCUT2D eigenvalue weighted by molar-refractivity contribution is -0.138. The summed E-state index contributed by atoms with van der Waals surface area (Å²) in [5, 5.41) is 0.949. The number of fused-ring (bicyclic) bond motifs is 1. The molecule has 0 saturated carbocycles. The average Bonchev–Trinajstić information content (AvgIpc) is 3.22. The molecule has 1 N–H and O–H groups in total. The molecule has 0 bridgehead atoms. The van der Waals surface area contributed by atoms with Crippen LogP contribution in [0.3, 0.4) is 0 Å². The van der Waals surface area contributed by atoms with Crippen LogP contribution in [0.5, 0.6) is 0 Å². The third-order valence-electron chi connectivity index (χ3n) is 5.45. The number of pyridine rings is 2. The number of halogens is 3. The molecule has 0 spiro atoms. The van der Waals surface area contributed by atoms with Crippen LogP contribution < -0.4 is 0 Å². The molecule has 3 aromatic heterocycles. The Morgan fingerprint density at radius 1 is 0.879 bits per heavy atom. The monoisotopic (exact) mass is 444 g/mol. The first-order valence-electron chi connectivity index (χ1n) is 10.4. The van der Waals surface area contributed by atoms with E-state index in [4.69, 9.17) is 4.98 Å². The van der Waals surface area contributed by atoms with Crippen LogP contribution in [0.15, 0.2) is 79.0 Å². The fourth-order valence-electron chi connectivity index (χ4n) is 3.94. The van der Waals surface area contributed by atoms with E-state index in [1.165, 1.54) is 12.1 Å². The quantitative estimate of drug-likeness (QED) is 0.340. The van der Waals surface area contributed by atoms with E-state index in [-0.39, 0.29) is 12.0 Å². The Kier molecular flexibility index (Phi) is 5.17. The van der Waals surface area contributed by atoms with Gasteiger partial charge in [0.2, 0.25) is 0 Å². The van der Waals surface area contributed by atoms with Gasteiger partial charge in [-0.25, -0.2) is 4.98 Å². The number of alkyl halides is 3. The van der Waals surface area contributed by atoms with E-state index in [9.17, 15) is 13.2 Å². The molecule has 0 atom stereocenters. The second-order valence-electron chi connectivity index (χ2n) is 7.81. The fraction of sp³-hybridized carbons (Fsp3) is 0.115. The molecule has 2 aromatic carbocycles. The molecule has 0 aliphatic carbocycles. The first kappa shape index (κ1) is 20.9. The topological polar surface area (TPSA) is 54.5 Å². The molecule has 0 radical (unpaired) electrons. The first-order chi connectivity index (χ1) is 15.9. The van der Waals surface area contributed by atoms with Gasteiger partial charge in [0.25, 0.3) is 0 Å². The van der Waals surface area contributed by atoms with Crippen LogP contribution in [-0.4, -0.2) is 19.9 Å². The van der Waals surface area contributed by atoms with Crippen molar-refractivity contribution in [1.29, 1.82) is 0 Å². The van der Waals surface area contributed by atoms with Crippen molar-refractivity contribution < 1.29 is 13.2 Å². The zero-order chi connectivity index (χ0) is 23.0. The van der Waals surface area contributed by atoms with Crippen LogP contribution >= 0.6 is 0 Å². The molecule has 4 nitrogen and oxygen atoms in total. The Labute approximate surface area is 188 Å². The average molecular weight is 444 g/mol. The standard InChI is InChI=1S/C26H19F3N4/c1-16-6-4-10-22(31-16)25-24(19-11-12-21-18(14-19)8-5-13-30-21)32-23(33-25)15-17-7-2-3-9-20(17)26(27,28)29/h2-14H,15H2,1H3,(H,32,33). The van der Waals surface area contributed by atoms with Crippen LogP contribution in [0.4, 0.5) is 13.2 Å². The van der Waals surface area contributed by atoms with Crippen LogP contribution in [-0.2, 0) is 12.6 Å². The van der Waals surface area contributed by atoms with E-state index in [1.54, 1.807) is 12.3 Å². The van der Waals surface area contributed by atoms with Crippen molar-refractivity contribution in [3.63, 3.8) is 0 Å². The minimum Gasteiger partial charge on any atom is -0.340 e. The van der Waals surface area contributed by atoms with E-state index in [0.717, 1.165) is 28.2 Å². The summed E-state index contributed by atoms with van der Waals surface area (Å²) in [6, 6.07) is 20.8. The highest BCUT2D eigenvalue weighted by atomic mass is 19.4. The highest BCUT2D eigenvalue weighted by Crippen LogP contribution is 2.35. The Balaban J connectivity index is 1.64. The van der Waals surface area contributed by atoms with Gasteiger partial charge in [-0.05, 0) is 48.9 Å². The summed E-state index contributed by atoms with van der Waals surface area (Å²) in [6.45, 7) is 1.89. The van der Waals surface area contributed by atoms with Gasteiger partial charge in [0.05, 0.1) is 28.2 Å². The number of aryl methyl sites for hydroxylation is 1. The molecule has 0 fully saturated rings. The van der Waals surface area contributed by atoms with Crippen molar-refractivity contribution in [3.05, 3.63) is 102 Å². The van der Waals surface area contributed by atoms with Crippen molar-refractivity contribution in [2.24, 2.45) is 0 Å². The number of nitrogens with one attached hydrogen (secondary N) is 1. The SMILES string of the molecule is Cc1cccc(-c2[nH]c(Cc3ccccc3C(F)(F)F)nc2-c2ccc3ncccc3c2)n1. The number of hydrogen-bond acceptors (Lipinski definition) is 3. The van der Waals surface area contributed by atoms with Gasteiger partial charge in [-0.3, -0.25) is 9.97 Å². The molecular weight excluding hydrogens is 425 g/mol. The van der Waals surface area contributed by atoms with Crippen LogP contribution in [0.2, 0.25) is 0 Å². The lowest BCUT2D eigenvalue weighted by Gasteiger charge is -2.11. The molecule has 0 amide bonds. The number of aromatic nitrogens is 4. The number of rotatable bonds is 4. The zero-order valence-corrected chi connectivity index (χ0v) is 17.7. The molecule has 5 aromatic rings. The number of aromatic amines is 1. The number of H-pyrrole nitrogens is 1. The third-order valence-corrected chi connectivity index (χ3v) is 5.45. The molecule has 0 aliphatic rings. The Morgan fingerprint density at radius 3 is 2.55 bits per heavy atom. The van der Waals surface area contributed by atoms with Gasteiger partial charge in [0.1, 0.15) is 5.82 Å². The maximum absolute atomic E-state index is 13.5. The van der Waals surface area contributed by atoms with Gasteiger partial charge < -0.3 is 4.98 Å². The van der Waals surface area contributed by atoms with Crippen molar-refractivity contribution >= 4 is 10.9 Å². The van der Waals surface area contributed by atoms with Crippen LogP contribution in [0.25, 0.3) is 33.5 Å². The minimum absolute atomic E-state index is 0.0175. The molecule has 0 saturated heterocycles. The molecule has 0 unspecified atom stereocenters. The van der Waals surface area contributed by atoms with Crippen molar-refractivity contribution in [2.75, 3.05) is 0 Å². The fourth-order valence-corrected chi connectivity index (χ4v) is 3.94. The van der Waals surface area contributed by atoms with Crippen molar-refractivity contribution in [2.45, 2.75) is 19.5 Å². The summed E-state index contributed by atoms with van der Waals surface area (Å²) in [4.78, 5) is 16.9. The molecule has 33 heavy (non-hydrogen) atoms. The second kappa shape index (κ2) is 8.16. The summed E-state index contributed by atoms with van der Waals surface area (Å²) in [5.74, 6) is 0.436. The van der Waals surface area contributed by atoms with Gasteiger partial charge in [-0.2, -0.15) is 13.2 Å². The van der Waals surface area contributed by atoms with Gasteiger partial charge in [-0.15, -0.1) is 0 Å². The molecule has 3 heterocycles. The normalized spacial score (nSPS) is 11.8. The predicted octanol–water partition coefficient (Wildman–Crippen LogP) is 6.60. The van der Waals surface area contributed by atoms with Crippen LogP contribution in [0, 0.1) is 6.92 Å². The third kappa shape index (κ3) is 4.22. The summed E-state index contributed by atoms with van der Waals surface area (Å²) < 4.78 is 40.5. The highest BCUT2D eigenvalue weighted by molar-refractivity contribution is 5.86. The van der Waals surface area contributed by atoms with E-state index in [0.29, 0.717) is 22.9 Å². The number of imidazole rings is 1. The lowest BCUT2D eigenvalue weighted by atomic mass is 10.0. The second-order valence-corrected chi connectivity index (χ2v) is 7.81. The molecule has 7 heteroatoms. The van der Waals surface area contributed by atoms with E-state index >= 15 is 0 Å². The number of hydrogen-bond donors (Lipinski definition) is 1. The smallest absolute Gasteiger partial charge is 0.340 e. The summed E-state index contributed by atoms with van der Waals surface area (Å²) in [5.41, 5.74) is 4.01. The van der Waals surface area contributed by atoms with E-state index in [1.807, 2.05) is 55.5 Å². The molecule has 0 aliphatic heterocycles. The maximum Gasteiger partial charge on any atom is 0.416 e. The van der Waals surface area contributed by atoms with Gasteiger partial charge in [0.15, 0.2) is 0 Å². The minimum atomic E-state index is -4.43. The summed E-state index contributed by atoms with van der Waals surface area (Å²) in [7, 11) is 0. The van der Waals surface area contributed by atoms with Crippen LogP contribution in [0.1, 0.15) is 22.6 Å². The number of nitrogens with zero attached hydrogens (tertiary/aromatic N) is 3. The molecule has 164 valence electrons. The Morgan fingerprint density at radius 2 is 1.73 bits per heavy atom. The number of benzene rings is 2. The van der Waals surface area contributed by atoms with Gasteiger partial charge in [0, 0.05) is 29.3 Å². The van der Waals surface area contributed by atoms with E-state index in [2.05, 4.69) is 15.0 Å². The maximum atomic E-state index is 13.5. The predicted molar refractivity (Wildman–Crippen MR) is 122 cm³/mol. The van der Waals surface area contributed by atoms with Gasteiger partial charge >= 0.3 is 6.18 Å². The Hall–Kier alpha value is -4.00. The molecular formula is C26H19F3N4. The zero-order valence-electron chi connectivity index (χ0n) is 17.7. The van der Waals surface area contributed by atoms with Crippen molar-refractivity contribution in [1.82, 2.24) is 19.9 Å². The Bertz CT molecular complexity index is 1450. The van der Waals surface area contributed by atoms with Crippen molar-refractivity contribution in [3.8, 4) is 22.6 Å². The van der Waals surface area contributed by atoms with E-state index < -0.39 is 11.7 Å². The first-order valence-corrected chi connectivity index (χ1v) is 10.4. The largest absolute Gasteiger partial charge is 0.416 e. The highest BCUT2D eigenvalue weighted by Gasteiger charge is 2.33. The summed E-state index contributed by atoms with van der Waals surface area (Å²) in [6.07, 6.45) is -2.68. The lowest BCUT2D eigenvalue weighted by Crippen LogP contribution is -2.09. The summed E-state index contributed by atoms with van der Waals surface area (Å²) >= 11 is 0. The molecule has 5 rings (SSSR count).